The summed E-state index contributed by atoms with van der Waals surface area (Å²) in [6.07, 6.45) is -0.608. The molecule has 2 aliphatic heterocycles. The van der Waals surface area contributed by atoms with E-state index in [-0.39, 0.29) is 29.4 Å². The molecule has 2 saturated heterocycles. The molecule has 2 aliphatic rings. The molecule has 2 aromatic rings. The van der Waals surface area contributed by atoms with Crippen LogP contribution in [-0.2, 0) is 26.6 Å². The van der Waals surface area contributed by atoms with Gasteiger partial charge in [-0.25, -0.2) is 9.59 Å². The summed E-state index contributed by atoms with van der Waals surface area (Å²) in [5.41, 5.74) is 1.07. The molecule has 2 atom stereocenters. The van der Waals surface area contributed by atoms with Crippen LogP contribution in [0.3, 0.4) is 0 Å². The Kier molecular flexibility index (Phi) is 10.4. The Morgan fingerprint density at radius 3 is 2.28 bits per heavy atom. The third-order valence-corrected chi connectivity index (χ3v) is 8.45. The van der Waals surface area contributed by atoms with Gasteiger partial charge in [-0.05, 0) is 62.6 Å². The van der Waals surface area contributed by atoms with Gasteiger partial charge >= 0.3 is 12.2 Å². The van der Waals surface area contributed by atoms with E-state index in [0.29, 0.717) is 43.9 Å². The summed E-state index contributed by atoms with van der Waals surface area (Å²) in [7, 11) is 1.62. The molecule has 0 unspecified atom stereocenters. The summed E-state index contributed by atoms with van der Waals surface area (Å²) in [5, 5.41) is 13.7. The molecule has 0 aromatic heterocycles. The highest BCUT2D eigenvalue weighted by Crippen LogP contribution is 2.33. The van der Waals surface area contributed by atoms with Crippen molar-refractivity contribution in [3.63, 3.8) is 0 Å². The second-order valence-corrected chi connectivity index (χ2v) is 12.9. The number of thioether (sulfide) groups is 1. The molecule has 0 aliphatic carbocycles. The SMILES string of the molecule is COc1ccc(CS[C@H]2C[C@@H](C(=O)N3CC(CNC(=O)OC(C)(C)C)C3)N(C(=O)OCc3ccc([N+](=O)[O-])cc3)C2)cc1. The maximum absolute atomic E-state index is 13.6. The molecule has 3 amide bonds. The van der Waals surface area contributed by atoms with E-state index >= 15 is 0 Å². The minimum Gasteiger partial charge on any atom is -0.497 e. The average molecular weight is 615 g/mol. The minimum atomic E-state index is -0.669. The fraction of sp³-hybridized carbons (Fsp3) is 0.500. The number of ether oxygens (including phenoxy) is 3. The number of methoxy groups -OCH3 is 1. The number of non-ortho nitro benzene ring substituents is 1. The van der Waals surface area contributed by atoms with Gasteiger partial charge < -0.3 is 24.4 Å². The van der Waals surface area contributed by atoms with E-state index in [0.717, 1.165) is 11.3 Å². The summed E-state index contributed by atoms with van der Waals surface area (Å²) in [6.45, 7) is 7.01. The number of benzene rings is 2. The molecule has 232 valence electrons. The number of likely N-dealkylation sites (tertiary alicyclic amines) is 2. The number of rotatable bonds is 10. The number of amides is 3. The summed E-state index contributed by atoms with van der Waals surface area (Å²) in [6, 6.07) is 12.9. The van der Waals surface area contributed by atoms with Gasteiger partial charge in [-0.3, -0.25) is 19.8 Å². The summed E-state index contributed by atoms with van der Waals surface area (Å²) < 4.78 is 16.1. The van der Waals surface area contributed by atoms with Crippen molar-refractivity contribution < 1.29 is 33.5 Å². The maximum Gasteiger partial charge on any atom is 0.410 e. The molecule has 2 heterocycles. The first-order valence-corrected chi connectivity index (χ1v) is 15.1. The van der Waals surface area contributed by atoms with E-state index in [1.165, 1.54) is 29.2 Å². The summed E-state index contributed by atoms with van der Waals surface area (Å²) in [5.74, 6) is 1.44. The van der Waals surface area contributed by atoms with Crippen LogP contribution in [0.2, 0.25) is 0 Å². The number of alkyl carbamates (subject to hydrolysis) is 1. The van der Waals surface area contributed by atoms with Gasteiger partial charge in [0.25, 0.3) is 5.69 Å². The lowest BCUT2D eigenvalue weighted by atomic mass is 9.98. The molecule has 12 nitrogen and oxygen atoms in total. The molecule has 4 rings (SSSR count). The van der Waals surface area contributed by atoms with Gasteiger partial charge in [0, 0.05) is 55.2 Å². The van der Waals surface area contributed by atoms with Crippen LogP contribution in [0.1, 0.15) is 38.3 Å². The van der Waals surface area contributed by atoms with Gasteiger partial charge in [0.1, 0.15) is 24.0 Å². The fourth-order valence-corrected chi connectivity index (χ4v) is 6.07. The zero-order valence-corrected chi connectivity index (χ0v) is 25.6. The Hall–Kier alpha value is -4.00. The van der Waals surface area contributed by atoms with Crippen molar-refractivity contribution >= 4 is 35.5 Å². The van der Waals surface area contributed by atoms with Crippen molar-refractivity contribution in [2.75, 3.05) is 33.3 Å². The molecule has 0 radical (unpaired) electrons. The molecule has 0 spiro atoms. The number of nitrogens with zero attached hydrogens (tertiary/aromatic N) is 3. The zero-order chi connectivity index (χ0) is 31.1. The molecule has 2 fully saturated rings. The van der Waals surface area contributed by atoms with E-state index < -0.39 is 28.8 Å². The van der Waals surface area contributed by atoms with Gasteiger partial charge in [0.15, 0.2) is 0 Å². The highest BCUT2D eigenvalue weighted by Gasteiger charge is 2.45. The number of carbonyl (C=O) groups excluding carboxylic acids is 3. The molecular weight excluding hydrogens is 576 g/mol. The molecule has 13 heteroatoms. The summed E-state index contributed by atoms with van der Waals surface area (Å²) in [4.78, 5) is 52.4. The van der Waals surface area contributed by atoms with Crippen molar-refractivity contribution in [1.29, 1.82) is 0 Å². The van der Waals surface area contributed by atoms with Crippen LogP contribution in [-0.4, -0.2) is 83.0 Å². The lowest BCUT2D eigenvalue weighted by molar-refractivity contribution is -0.384. The predicted octanol–water partition coefficient (Wildman–Crippen LogP) is 4.60. The summed E-state index contributed by atoms with van der Waals surface area (Å²) >= 11 is 1.68. The number of hydrogen-bond acceptors (Lipinski definition) is 9. The number of hydrogen-bond donors (Lipinski definition) is 1. The second kappa shape index (κ2) is 14.0. The Labute approximate surface area is 255 Å². The van der Waals surface area contributed by atoms with E-state index in [1.807, 2.05) is 24.3 Å². The van der Waals surface area contributed by atoms with Gasteiger partial charge in [0.2, 0.25) is 5.91 Å². The fourth-order valence-electron chi connectivity index (χ4n) is 4.86. The maximum atomic E-state index is 13.6. The van der Waals surface area contributed by atoms with Gasteiger partial charge in [-0.1, -0.05) is 12.1 Å². The van der Waals surface area contributed by atoms with Crippen molar-refractivity contribution in [2.45, 2.75) is 56.4 Å². The first-order chi connectivity index (χ1) is 20.4. The minimum absolute atomic E-state index is 0.0221. The van der Waals surface area contributed by atoms with Gasteiger partial charge in [0.05, 0.1) is 12.0 Å². The van der Waals surface area contributed by atoms with Crippen LogP contribution >= 0.6 is 11.8 Å². The van der Waals surface area contributed by atoms with Crippen molar-refractivity contribution in [2.24, 2.45) is 5.92 Å². The van der Waals surface area contributed by atoms with E-state index in [2.05, 4.69) is 5.32 Å². The van der Waals surface area contributed by atoms with Crippen LogP contribution < -0.4 is 10.1 Å². The van der Waals surface area contributed by atoms with Crippen LogP contribution in [0, 0.1) is 16.0 Å². The lowest BCUT2D eigenvalue weighted by Gasteiger charge is -2.41. The first kappa shape index (κ1) is 31.9. The Morgan fingerprint density at radius 1 is 1.02 bits per heavy atom. The molecular formula is C30H38N4O8S. The first-order valence-electron chi connectivity index (χ1n) is 14.1. The van der Waals surface area contributed by atoms with E-state index in [9.17, 15) is 24.5 Å². The quantitative estimate of drug-likeness (QED) is 0.300. The largest absolute Gasteiger partial charge is 0.497 e. The highest BCUT2D eigenvalue weighted by molar-refractivity contribution is 7.99. The molecule has 0 bridgehead atoms. The lowest BCUT2D eigenvalue weighted by Crippen LogP contribution is -2.58. The van der Waals surface area contributed by atoms with Crippen LogP contribution in [0.5, 0.6) is 5.75 Å². The molecule has 1 N–H and O–H groups in total. The number of carbonyl (C=O) groups is 3. The van der Waals surface area contributed by atoms with Crippen molar-refractivity contribution in [3.05, 3.63) is 69.8 Å². The van der Waals surface area contributed by atoms with Crippen molar-refractivity contribution in [1.82, 2.24) is 15.1 Å². The molecule has 43 heavy (non-hydrogen) atoms. The second-order valence-electron chi connectivity index (χ2n) is 11.7. The Bertz CT molecular complexity index is 1290. The number of nitrogens with one attached hydrogen (secondary N) is 1. The van der Waals surface area contributed by atoms with E-state index in [4.69, 9.17) is 14.2 Å². The smallest absolute Gasteiger partial charge is 0.410 e. The third kappa shape index (κ3) is 8.99. The standard InChI is InChI=1S/C30H38N4O8S/c1-30(2,3)42-28(36)31-14-22-15-32(16-22)27(35)26-13-25(43-19-21-7-11-24(40-4)12-8-21)17-33(26)29(37)41-18-20-5-9-23(10-6-20)34(38)39/h5-12,22,25-26H,13-19H2,1-4H3,(H,31,36)/t25-,26-/m0/s1. The Balaban J connectivity index is 1.35. The Morgan fingerprint density at radius 2 is 1.67 bits per heavy atom. The van der Waals surface area contributed by atoms with Crippen LogP contribution in [0.4, 0.5) is 15.3 Å². The normalized spacial score (nSPS) is 18.5. The zero-order valence-electron chi connectivity index (χ0n) is 24.8. The third-order valence-electron chi connectivity index (χ3n) is 7.14. The molecule has 0 saturated carbocycles. The topological polar surface area (TPSA) is 141 Å². The predicted molar refractivity (Wildman–Crippen MR) is 161 cm³/mol. The highest BCUT2D eigenvalue weighted by atomic mass is 32.2. The average Bonchev–Trinajstić information content (AvgIpc) is 3.38. The monoisotopic (exact) mass is 614 g/mol. The van der Waals surface area contributed by atoms with E-state index in [1.54, 1.807) is 44.5 Å². The molecule has 2 aromatic carbocycles. The van der Waals surface area contributed by atoms with Crippen molar-refractivity contribution in [3.8, 4) is 5.75 Å². The number of nitro benzene ring substituents is 1. The van der Waals surface area contributed by atoms with Gasteiger partial charge in [-0.15, -0.1) is 0 Å². The van der Waals surface area contributed by atoms with Crippen LogP contribution in [0.25, 0.3) is 0 Å². The van der Waals surface area contributed by atoms with Gasteiger partial charge in [-0.2, -0.15) is 11.8 Å². The van der Waals surface area contributed by atoms with Crippen LogP contribution in [0.15, 0.2) is 48.5 Å². The number of nitro groups is 1.